The smallest absolute Gasteiger partial charge is 0.261 e. The van der Waals surface area contributed by atoms with Crippen LogP contribution in [0.5, 0.6) is 5.75 Å². The molecule has 1 amide bonds. The van der Waals surface area contributed by atoms with E-state index in [0.717, 1.165) is 5.56 Å². The van der Waals surface area contributed by atoms with Gasteiger partial charge in [0.15, 0.2) is 0 Å². The molecule has 0 unspecified atom stereocenters. The van der Waals surface area contributed by atoms with Crippen LogP contribution in [0.4, 0.5) is 10.1 Å². The Hall–Kier alpha value is -3.14. The maximum Gasteiger partial charge on any atom is 0.261 e. The number of carbonyl (C=O) groups excluding carboxylic acids is 1. The third-order valence-corrected chi connectivity index (χ3v) is 3.92. The van der Waals surface area contributed by atoms with Gasteiger partial charge in [-0.15, -0.1) is 0 Å². The van der Waals surface area contributed by atoms with Crippen LogP contribution in [0, 0.1) is 5.82 Å². The summed E-state index contributed by atoms with van der Waals surface area (Å²) in [6, 6.07) is 22.8. The number of halogens is 1. The zero-order valence-electron chi connectivity index (χ0n) is 13.9. The van der Waals surface area contributed by atoms with Crippen molar-refractivity contribution in [1.29, 1.82) is 0 Å². The van der Waals surface area contributed by atoms with Gasteiger partial charge in [-0.05, 0) is 42.0 Å². The Morgan fingerprint density at radius 1 is 0.920 bits per heavy atom. The van der Waals surface area contributed by atoms with Crippen molar-refractivity contribution in [3.8, 4) is 5.75 Å². The number of hydrogen-bond acceptors (Lipinski definition) is 2. The summed E-state index contributed by atoms with van der Waals surface area (Å²) in [6.45, 7) is 0.348. The fourth-order valence-corrected chi connectivity index (χ4v) is 2.59. The molecule has 0 saturated heterocycles. The lowest BCUT2D eigenvalue weighted by atomic mass is 10.1. The largest absolute Gasteiger partial charge is 0.497 e. The van der Waals surface area contributed by atoms with E-state index < -0.39 is 5.82 Å². The third-order valence-electron chi connectivity index (χ3n) is 3.92. The molecule has 25 heavy (non-hydrogen) atoms. The second-order valence-electron chi connectivity index (χ2n) is 5.55. The minimum Gasteiger partial charge on any atom is -0.497 e. The number of hydrogen-bond donors (Lipinski definition) is 0. The SMILES string of the molecule is COc1ccc(N(Cc2ccccc2)C(=O)c2ccccc2F)cc1. The van der Waals surface area contributed by atoms with E-state index in [9.17, 15) is 9.18 Å². The van der Waals surface area contributed by atoms with E-state index >= 15 is 0 Å². The molecule has 0 aliphatic rings. The number of carbonyl (C=O) groups is 1. The lowest BCUT2D eigenvalue weighted by Crippen LogP contribution is -2.31. The Labute approximate surface area is 146 Å². The molecule has 0 aliphatic heterocycles. The molecule has 126 valence electrons. The zero-order valence-corrected chi connectivity index (χ0v) is 13.9. The molecule has 0 spiro atoms. The molecule has 0 N–H and O–H groups in total. The van der Waals surface area contributed by atoms with Crippen molar-refractivity contribution in [2.45, 2.75) is 6.54 Å². The number of methoxy groups -OCH3 is 1. The molecule has 0 radical (unpaired) electrons. The van der Waals surface area contributed by atoms with E-state index in [1.807, 2.05) is 30.3 Å². The summed E-state index contributed by atoms with van der Waals surface area (Å²) in [7, 11) is 1.58. The Balaban J connectivity index is 1.98. The van der Waals surface area contributed by atoms with Gasteiger partial charge in [-0.2, -0.15) is 0 Å². The van der Waals surface area contributed by atoms with Gasteiger partial charge < -0.3 is 9.64 Å². The van der Waals surface area contributed by atoms with Gasteiger partial charge in [0, 0.05) is 5.69 Å². The van der Waals surface area contributed by atoms with Crippen molar-refractivity contribution < 1.29 is 13.9 Å². The zero-order chi connectivity index (χ0) is 17.6. The van der Waals surface area contributed by atoms with Crippen molar-refractivity contribution in [3.05, 3.63) is 95.8 Å². The van der Waals surface area contributed by atoms with E-state index in [0.29, 0.717) is 18.0 Å². The normalized spacial score (nSPS) is 10.3. The van der Waals surface area contributed by atoms with Gasteiger partial charge in [-0.1, -0.05) is 42.5 Å². The van der Waals surface area contributed by atoms with Crippen LogP contribution in [-0.4, -0.2) is 13.0 Å². The lowest BCUT2D eigenvalue weighted by molar-refractivity contribution is 0.0981. The molecule has 0 atom stereocenters. The topological polar surface area (TPSA) is 29.5 Å². The first-order chi connectivity index (χ1) is 12.2. The van der Waals surface area contributed by atoms with E-state index in [2.05, 4.69) is 0 Å². The molecule has 0 saturated carbocycles. The van der Waals surface area contributed by atoms with Gasteiger partial charge >= 0.3 is 0 Å². The minimum absolute atomic E-state index is 0.0502. The molecule has 3 nitrogen and oxygen atoms in total. The summed E-state index contributed by atoms with van der Waals surface area (Å²) in [4.78, 5) is 14.5. The first-order valence-corrected chi connectivity index (χ1v) is 7.93. The maximum absolute atomic E-state index is 14.1. The molecule has 0 aliphatic carbocycles. The monoisotopic (exact) mass is 335 g/mol. The van der Waals surface area contributed by atoms with E-state index in [1.54, 1.807) is 48.4 Å². The fourth-order valence-electron chi connectivity index (χ4n) is 2.59. The summed E-state index contributed by atoms with van der Waals surface area (Å²) in [6.07, 6.45) is 0. The Morgan fingerprint density at radius 3 is 2.20 bits per heavy atom. The molecule has 3 aromatic rings. The van der Waals surface area contributed by atoms with Crippen LogP contribution < -0.4 is 9.64 Å². The molecular formula is C21H18FNO2. The highest BCUT2D eigenvalue weighted by atomic mass is 19.1. The number of nitrogens with zero attached hydrogens (tertiary/aromatic N) is 1. The fraction of sp³-hybridized carbons (Fsp3) is 0.0952. The van der Waals surface area contributed by atoms with E-state index in [4.69, 9.17) is 4.74 Å². The number of rotatable bonds is 5. The van der Waals surface area contributed by atoms with Crippen LogP contribution in [-0.2, 0) is 6.54 Å². The van der Waals surface area contributed by atoms with Gasteiger partial charge in [0.25, 0.3) is 5.91 Å². The van der Waals surface area contributed by atoms with Crippen LogP contribution in [0.3, 0.4) is 0 Å². The summed E-state index contributed by atoms with van der Waals surface area (Å²) < 4.78 is 19.3. The molecule has 0 heterocycles. The van der Waals surface area contributed by atoms with E-state index in [1.165, 1.54) is 12.1 Å². The molecular weight excluding hydrogens is 317 g/mol. The second kappa shape index (κ2) is 7.62. The highest BCUT2D eigenvalue weighted by Crippen LogP contribution is 2.24. The average Bonchev–Trinajstić information content (AvgIpc) is 2.67. The minimum atomic E-state index is -0.529. The van der Waals surface area contributed by atoms with Gasteiger partial charge in [0.2, 0.25) is 0 Å². The standard InChI is InChI=1S/C21H18FNO2/c1-25-18-13-11-17(12-14-18)23(15-16-7-3-2-4-8-16)21(24)19-9-5-6-10-20(19)22/h2-14H,15H2,1H3. The van der Waals surface area contributed by atoms with Crippen LogP contribution in [0.25, 0.3) is 0 Å². The van der Waals surface area contributed by atoms with Gasteiger partial charge in [-0.3, -0.25) is 4.79 Å². The quantitative estimate of drug-likeness (QED) is 0.677. The molecule has 0 aromatic heterocycles. The van der Waals surface area contributed by atoms with Crippen molar-refractivity contribution in [2.24, 2.45) is 0 Å². The number of anilines is 1. The van der Waals surface area contributed by atoms with E-state index in [-0.39, 0.29) is 11.5 Å². The molecule has 0 fully saturated rings. The van der Waals surface area contributed by atoms with Gasteiger partial charge in [0.05, 0.1) is 19.2 Å². The van der Waals surface area contributed by atoms with Crippen LogP contribution in [0.1, 0.15) is 15.9 Å². The third kappa shape index (κ3) is 3.86. The predicted octanol–water partition coefficient (Wildman–Crippen LogP) is 4.68. The van der Waals surface area contributed by atoms with Crippen LogP contribution in [0.2, 0.25) is 0 Å². The summed E-state index contributed by atoms with van der Waals surface area (Å²) in [5.74, 6) is -0.215. The lowest BCUT2D eigenvalue weighted by Gasteiger charge is -2.23. The van der Waals surface area contributed by atoms with Crippen molar-refractivity contribution >= 4 is 11.6 Å². The Kier molecular flexibility index (Phi) is 5.09. The first-order valence-electron chi connectivity index (χ1n) is 7.93. The first kappa shape index (κ1) is 16.7. The highest BCUT2D eigenvalue weighted by molar-refractivity contribution is 6.06. The summed E-state index contributed by atoms with van der Waals surface area (Å²) >= 11 is 0. The second-order valence-corrected chi connectivity index (χ2v) is 5.55. The van der Waals surface area contributed by atoms with Crippen LogP contribution >= 0.6 is 0 Å². The van der Waals surface area contributed by atoms with Crippen molar-refractivity contribution in [1.82, 2.24) is 0 Å². The highest BCUT2D eigenvalue weighted by Gasteiger charge is 2.21. The van der Waals surface area contributed by atoms with Gasteiger partial charge in [-0.25, -0.2) is 4.39 Å². The number of benzene rings is 3. The number of ether oxygens (including phenoxy) is 1. The molecule has 3 rings (SSSR count). The van der Waals surface area contributed by atoms with Gasteiger partial charge in [0.1, 0.15) is 11.6 Å². The number of amides is 1. The Bertz CT molecular complexity index is 847. The maximum atomic E-state index is 14.1. The Morgan fingerprint density at radius 2 is 1.56 bits per heavy atom. The van der Waals surface area contributed by atoms with Crippen molar-refractivity contribution in [2.75, 3.05) is 12.0 Å². The average molecular weight is 335 g/mol. The molecule has 4 heteroatoms. The predicted molar refractivity (Wildman–Crippen MR) is 96.3 cm³/mol. The summed E-state index contributed by atoms with van der Waals surface area (Å²) in [5, 5.41) is 0. The van der Waals surface area contributed by atoms with Crippen LogP contribution in [0.15, 0.2) is 78.9 Å². The summed E-state index contributed by atoms with van der Waals surface area (Å²) in [5.41, 5.74) is 1.69. The molecule has 0 bridgehead atoms. The van der Waals surface area contributed by atoms with Crippen molar-refractivity contribution in [3.63, 3.8) is 0 Å². The molecule has 3 aromatic carbocycles.